The van der Waals surface area contributed by atoms with Crippen LogP contribution in [0.3, 0.4) is 0 Å². The minimum atomic E-state index is -0.651. The molecule has 0 aromatic heterocycles. The van der Waals surface area contributed by atoms with E-state index in [2.05, 4.69) is 55.1 Å². The number of likely N-dealkylation sites (tertiary alicyclic amines) is 1. The van der Waals surface area contributed by atoms with E-state index in [1.165, 1.54) is 29.2 Å². The Kier molecular flexibility index (Phi) is 8.26. The van der Waals surface area contributed by atoms with Crippen LogP contribution in [-0.4, -0.2) is 48.4 Å². The van der Waals surface area contributed by atoms with Crippen LogP contribution in [0.5, 0.6) is 5.75 Å². The highest BCUT2D eigenvalue weighted by Gasteiger charge is 2.25. The van der Waals surface area contributed by atoms with Crippen LogP contribution in [0, 0.1) is 17.8 Å². The maximum absolute atomic E-state index is 11.2. The molecule has 1 aliphatic heterocycles. The maximum Gasteiger partial charge on any atom is 0.306 e. The van der Waals surface area contributed by atoms with Gasteiger partial charge in [-0.15, -0.1) is 0 Å². The number of piperidine rings is 1. The normalized spacial score (nSPS) is 22.6. The quantitative estimate of drug-likeness (QED) is 0.524. The zero-order valence-electron chi connectivity index (χ0n) is 20.2. The summed E-state index contributed by atoms with van der Waals surface area (Å²) < 4.78 is 12.2. The van der Waals surface area contributed by atoms with E-state index in [4.69, 9.17) is 9.47 Å². The zero-order valence-corrected chi connectivity index (χ0v) is 20.2. The molecular weight excluding hydrogens is 414 g/mol. The van der Waals surface area contributed by atoms with Gasteiger partial charge in [0.1, 0.15) is 5.75 Å². The summed E-state index contributed by atoms with van der Waals surface area (Å²) in [7, 11) is 0. The van der Waals surface area contributed by atoms with Crippen molar-refractivity contribution in [3.05, 3.63) is 42.0 Å². The first-order chi connectivity index (χ1) is 16.0. The zero-order chi connectivity index (χ0) is 23.2. The van der Waals surface area contributed by atoms with Gasteiger partial charge in [0, 0.05) is 19.8 Å². The standard InChI is InChI=1S/C28H39NO4/c1-20(2)18-32-19-21-4-8-26(9-5-21)33-27-10-7-24-15-22(3-6-25(24)16-27)17-29-13-11-23(12-14-29)28(30)31/h3,6-7,10,15-16,20-21,23,26H,4-5,8-9,11-14,17-19H2,1-2H3,(H,30,31)/t21-,26+. The Hall–Kier alpha value is -2.11. The van der Waals surface area contributed by atoms with Crippen LogP contribution in [-0.2, 0) is 16.1 Å². The fourth-order valence-corrected chi connectivity index (χ4v) is 5.12. The second-order valence-corrected chi connectivity index (χ2v) is 10.4. The summed E-state index contributed by atoms with van der Waals surface area (Å²) >= 11 is 0. The Morgan fingerprint density at radius 1 is 1.00 bits per heavy atom. The van der Waals surface area contributed by atoms with Gasteiger partial charge in [0.05, 0.1) is 12.0 Å². The molecule has 4 rings (SSSR count). The fraction of sp³-hybridized carbons (Fsp3) is 0.607. The monoisotopic (exact) mass is 453 g/mol. The molecule has 2 aliphatic rings. The lowest BCUT2D eigenvalue weighted by Gasteiger charge is -2.30. The van der Waals surface area contributed by atoms with Crippen molar-refractivity contribution >= 4 is 16.7 Å². The maximum atomic E-state index is 11.2. The molecule has 2 aromatic carbocycles. The van der Waals surface area contributed by atoms with E-state index in [1.807, 2.05) is 0 Å². The lowest BCUT2D eigenvalue weighted by Crippen LogP contribution is -2.35. The van der Waals surface area contributed by atoms with Crippen LogP contribution in [0.2, 0.25) is 0 Å². The van der Waals surface area contributed by atoms with E-state index in [9.17, 15) is 9.90 Å². The third-order valence-corrected chi connectivity index (χ3v) is 7.12. The Morgan fingerprint density at radius 3 is 2.39 bits per heavy atom. The summed E-state index contributed by atoms with van der Waals surface area (Å²) in [5.41, 5.74) is 1.28. The number of carboxylic acid groups (broad SMARTS) is 1. The molecule has 1 saturated heterocycles. The van der Waals surface area contributed by atoms with Gasteiger partial charge < -0.3 is 14.6 Å². The molecule has 1 saturated carbocycles. The molecule has 180 valence electrons. The average Bonchev–Trinajstić information content (AvgIpc) is 2.80. The van der Waals surface area contributed by atoms with Crippen molar-refractivity contribution in [2.75, 3.05) is 26.3 Å². The van der Waals surface area contributed by atoms with Crippen molar-refractivity contribution in [1.29, 1.82) is 0 Å². The molecule has 0 spiro atoms. The Balaban J connectivity index is 1.26. The van der Waals surface area contributed by atoms with E-state index < -0.39 is 5.97 Å². The molecule has 5 nitrogen and oxygen atoms in total. The van der Waals surface area contributed by atoms with Gasteiger partial charge in [0.2, 0.25) is 0 Å². The first kappa shape index (κ1) is 24.0. The molecule has 1 aliphatic carbocycles. The third kappa shape index (κ3) is 6.94. The van der Waals surface area contributed by atoms with Gasteiger partial charge >= 0.3 is 5.97 Å². The van der Waals surface area contributed by atoms with Crippen molar-refractivity contribution in [2.24, 2.45) is 17.8 Å². The molecule has 1 heterocycles. The third-order valence-electron chi connectivity index (χ3n) is 7.12. The minimum Gasteiger partial charge on any atom is -0.490 e. The van der Waals surface area contributed by atoms with Gasteiger partial charge in [-0.2, -0.15) is 0 Å². The van der Waals surface area contributed by atoms with Crippen molar-refractivity contribution in [3.8, 4) is 5.75 Å². The fourth-order valence-electron chi connectivity index (χ4n) is 5.12. The molecule has 2 fully saturated rings. The number of carbonyl (C=O) groups is 1. The molecule has 2 aromatic rings. The van der Waals surface area contributed by atoms with Gasteiger partial charge in [0.25, 0.3) is 0 Å². The molecule has 0 bridgehead atoms. The Labute approximate surface area is 198 Å². The lowest BCUT2D eigenvalue weighted by atomic mass is 9.88. The average molecular weight is 454 g/mol. The second kappa shape index (κ2) is 11.3. The van der Waals surface area contributed by atoms with Gasteiger partial charge in [0.15, 0.2) is 0 Å². The number of aliphatic carboxylic acids is 1. The van der Waals surface area contributed by atoms with Crippen LogP contribution in [0.15, 0.2) is 36.4 Å². The smallest absolute Gasteiger partial charge is 0.306 e. The molecule has 0 amide bonds. The second-order valence-electron chi connectivity index (χ2n) is 10.4. The summed E-state index contributed by atoms with van der Waals surface area (Å²) in [6, 6.07) is 13.1. The highest BCUT2D eigenvalue weighted by Crippen LogP contribution is 2.30. The number of carboxylic acids is 1. The highest BCUT2D eigenvalue weighted by molar-refractivity contribution is 5.84. The first-order valence-corrected chi connectivity index (χ1v) is 12.7. The molecule has 33 heavy (non-hydrogen) atoms. The first-order valence-electron chi connectivity index (χ1n) is 12.7. The topological polar surface area (TPSA) is 59.0 Å². The largest absolute Gasteiger partial charge is 0.490 e. The van der Waals surface area contributed by atoms with E-state index in [0.29, 0.717) is 17.9 Å². The minimum absolute atomic E-state index is 0.176. The number of hydrogen-bond acceptors (Lipinski definition) is 4. The predicted molar refractivity (Wildman–Crippen MR) is 132 cm³/mol. The van der Waals surface area contributed by atoms with E-state index in [-0.39, 0.29) is 5.92 Å². The number of benzene rings is 2. The SMILES string of the molecule is CC(C)COC[C@H]1CC[C@@H](Oc2ccc3cc(CN4CCC(C(=O)O)CC4)ccc3c2)CC1. The molecule has 0 unspecified atom stereocenters. The molecule has 1 N–H and O–H groups in total. The van der Waals surface area contributed by atoms with Crippen LogP contribution in [0.1, 0.15) is 57.9 Å². The summed E-state index contributed by atoms with van der Waals surface area (Å²) in [6.07, 6.45) is 6.37. The number of ether oxygens (including phenoxy) is 2. The van der Waals surface area contributed by atoms with Crippen molar-refractivity contribution in [3.63, 3.8) is 0 Å². The predicted octanol–water partition coefficient (Wildman–Crippen LogP) is 5.75. The number of nitrogens with zero attached hydrogens (tertiary/aromatic N) is 1. The van der Waals surface area contributed by atoms with Crippen LogP contribution < -0.4 is 4.74 Å². The summed E-state index contributed by atoms with van der Waals surface area (Å²) in [4.78, 5) is 13.5. The van der Waals surface area contributed by atoms with Crippen molar-refractivity contribution in [2.45, 2.75) is 65.0 Å². The molecule has 0 atom stereocenters. The van der Waals surface area contributed by atoms with Gasteiger partial charge in [-0.3, -0.25) is 9.69 Å². The van der Waals surface area contributed by atoms with Crippen molar-refractivity contribution < 1.29 is 19.4 Å². The Bertz CT molecular complexity index is 911. The summed E-state index contributed by atoms with van der Waals surface area (Å²) in [5, 5.41) is 11.6. The van der Waals surface area contributed by atoms with Crippen LogP contribution in [0.4, 0.5) is 0 Å². The van der Waals surface area contributed by atoms with E-state index in [1.54, 1.807) is 0 Å². The molecular formula is C28H39NO4. The van der Waals surface area contributed by atoms with E-state index >= 15 is 0 Å². The van der Waals surface area contributed by atoms with Gasteiger partial charge in [-0.1, -0.05) is 32.0 Å². The number of fused-ring (bicyclic) bond motifs is 1. The van der Waals surface area contributed by atoms with E-state index in [0.717, 1.165) is 64.3 Å². The Morgan fingerprint density at radius 2 is 1.70 bits per heavy atom. The van der Waals surface area contributed by atoms with Crippen molar-refractivity contribution in [1.82, 2.24) is 4.90 Å². The summed E-state index contributed by atoms with van der Waals surface area (Å²) in [5.74, 6) is 1.41. The number of rotatable bonds is 9. The van der Waals surface area contributed by atoms with Gasteiger partial charge in [-0.25, -0.2) is 0 Å². The molecule has 5 heteroatoms. The number of hydrogen-bond donors (Lipinski definition) is 1. The van der Waals surface area contributed by atoms with Gasteiger partial charge in [-0.05, 0) is 98.0 Å². The summed E-state index contributed by atoms with van der Waals surface area (Å²) in [6.45, 7) is 8.73. The lowest BCUT2D eigenvalue weighted by molar-refractivity contribution is -0.143. The highest BCUT2D eigenvalue weighted by atomic mass is 16.5. The van der Waals surface area contributed by atoms with Crippen LogP contribution >= 0.6 is 0 Å². The molecule has 0 radical (unpaired) electrons. The van der Waals surface area contributed by atoms with Crippen LogP contribution in [0.25, 0.3) is 10.8 Å².